The second-order valence-corrected chi connectivity index (χ2v) is 3.87. The molecule has 1 aromatic rings. The summed E-state index contributed by atoms with van der Waals surface area (Å²) in [7, 11) is 0. The van der Waals surface area contributed by atoms with Crippen molar-refractivity contribution in [2.45, 2.75) is 26.2 Å². The molecule has 1 rings (SSSR count). The first-order valence-electron chi connectivity index (χ1n) is 6.07. The molecule has 0 radical (unpaired) electrons. The van der Waals surface area contributed by atoms with Crippen molar-refractivity contribution in [3.63, 3.8) is 0 Å². The SMILES string of the molecule is CCOC(=O)CC#Cc1ccc(CCC(=O)O)cc1. The molecule has 0 aromatic heterocycles. The monoisotopic (exact) mass is 260 g/mol. The molecule has 0 aliphatic heterocycles. The Labute approximate surface area is 112 Å². The first-order valence-corrected chi connectivity index (χ1v) is 6.07. The summed E-state index contributed by atoms with van der Waals surface area (Å²) in [5.74, 6) is 4.46. The Morgan fingerprint density at radius 2 is 1.95 bits per heavy atom. The van der Waals surface area contributed by atoms with E-state index in [1.807, 2.05) is 24.3 Å². The predicted octanol–water partition coefficient (Wildman–Crippen LogP) is 2.01. The van der Waals surface area contributed by atoms with Gasteiger partial charge >= 0.3 is 11.9 Å². The zero-order chi connectivity index (χ0) is 14.1. The maximum atomic E-state index is 11.1. The molecule has 4 nitrogen and oxygen atoms in total. The first-order chi connectivity index (χ1) is 9.11. The molecule has 0 bridgehead atoms. The highest BCUT2D eigenvalue weighted by Crippen LogP contribution is 2.06. The van der Waals surface area contributed by atoms with Crippen molar-refractivity contribution < 1.29 is 19.4 Å². The number of carboxylic acids is 1. The number of carbonyl (C=O) groups is 2. The van der Waals surface area contributed by atoms with E-state index in [2.05, 4.69) is 11.8 Å². The normalized spacial score (nSPS) is 9.32. The molecule has 0 saturated heterocycles. The highest BCUT2D eigenvalue weighted by atomic mass is 16.5. The Kier molecular flexibility index (Phi) is 6.17. The minimum Gasteiger partial charge on any atom is -0.481 e. The molecule has 4 heteroatoms. The van der Waals surface area contributed by atoms with Crippen molar-refractivity contribution in [1.82, 2.24) is 0 Å². The van der Waals surface area contributed by atoms with Gasteiger partial charge in [0.1, 0.15) is 6.42 Å². The fourth-order valence-corrected chi connectivity index (χ4v) is 1.44. The number of aryl methyl sites for hydroxylation is 1. The lowest BCUT2D eigenvalue weighted by atomic mass is 10.1. The van der Waals surface area contributed by atoms with Crippen LogP contribution in [0.4, 0.5) is 0 Å². The van der Waals surface area contributed by atoms with Gasteiger partial charge in [-0.3, -0.25) is 9.59 Å². The van der Waals surface area contributed by atoms with Crippen LogP contribution in [-0.4, -0.2) is 23.7 Å². The van der Waals surface area contributed by atoms with Gasteiger partial charge in [-0.05, 0) is 31.0 Å². The van der Waals surface area contributed by atoms with Crippen molar-refractivity contribution >= 4 is 11.9 Å². The Balaban J connectivity index is 2.50. The molecule has 0 fully saturated rings. The lowest BCUT2D eigenvalue weighted by molar-refractivity contribution is -0.142. The lowest BCUT2D eigenvalue weighted by Gasteiger charge is -1.98. The molecule has 0 saturated carbocycles. The highest BCUT2D eigenvalue weighted by molar-refractivity contribution is 5.72. The first kappa shape index (κ1) is 14.8. The molecule has 19 heavy (non-hydrogen) atoms. The fourth-order valence-electron chi connectivity index (χ4n) is 1.44. The number of esters is 1. The number of hydrogen-bond acceptors (Lipinski definition) is 3. The molecule has 0 atom stereocenters. The third-order valence-corrected chi connectivity index (χ3v) is 2.35. The van der Waals surface area contributed by atoms with Gasteiger partial charge in [0.25, 0.3) is 0 Å². The molecule has 0 aliphatic rings. The zero-order valence-electron chi connectivity index (χ0n) is 10.8. The van der Waals surface area contributed by atoms with E-state index in [1.54, 1.807) is 6.92 Å². The van der Waals surface area contributed by atoms with Gasteiger partial charge in [-0.1, -0.05) is 24.0 Å². The highest BCUT2D eigenvalue weighted by Gasteiger charge is 1.99. The Morgan fingerprint density at radius 1 is 1.26 bits per heavy atom. The summed E-state index contributed by atoms with van der Waals surface area (Å²) >= 11 is 0. The van der Waals surface area contributed by atoms with Crippen molar-refractivity contribution in [2.75, 3.05) is 6.61 Å². The van der Waals surface area contributed by atoms with Crippen LogP contribution in [0.25, 0.3) is 0 Å². The number of carbonyl (C=O) groups excluding carboxylic acids is 1. The summed E-state index contributed by atoms with van der Waals surface area (Å²) in [5, 5.41) is 8.58. The van der Waals surface area contributed by atoms with Crippen molar-refractivity contribution in [3.8, 4) is 11.8 Å². The number of carboxylic acid groups (broad SMARTS) is 1. The van der Waals surface area contributed by atoms with Crippen molar-refractivity contribution in [1.29, 1.82) is 0 Å². The van der Waals surface area contributed by atoms with Gasteiger partial charge in [0, 0.05) is 12.0 Å². The standard InChI is InChI=1S/C15H16O4/c1-2-19-15(18)5-3-4-12-6-8-13(9-7-12)10-11-14(16)17/h6-9H,2,5,10-11H2,1H3,(H,16,17). The van der Waals surface area contributed by atoms with Crippen molar-refractivity contribution in [2.24, 2.45) is 0 Å². The maximum Gasteiger partial charge on any atom is 0.317 e. The largest absolute Gasteiger partial charge is 0.481 e. The number of hydrogen-bond donors (Lipinski definition) is 1. The average Bonchev–Trinajstić information content (AvgIpc) is 2.38. The van der Waals surface area contributed by atoms with Crippen LogP contribution in [0.5, 0.6) is 0 Å². The van der Waals surface area contributed by atoms with E-state index in [0.29, 0.717) is 13.0 Å². The van der Waals surface area contributed by atoms with Gasteiger partial charge < -0.3 is 9.84 Å². The molecule has 0 spiro atoms. The van der Waals surface area contributed by atoms with E-state index < -0.39 is 5.97 Å². The van der Waals surface area contributed by atoms with E-state index in [1.165, 1.54) is 0 Å². The van der Waals surface area contributed by atoms with Crippen LogP contribution in [0.1, 0.15) is 30.9 Å². The fraction of sp³-hybridized carbons (Fsp3) is 0.333. The molecule has 0 amide bonds. The molecular weight excluding hydrogens is 244 g/mol. The summed E-state index contributed by atoms with van der Waals surface area (Å²) < 4.78 is 4.76. The number of benzene rings is 1. The smallest absolute Gasteiger partial charge is 0.317 e. The molecule has 0 heterocycles. The summed E-state index contributed by atoms with van der Waals surface area (Å²) in [6.07, 6.45) is 0.703. The molecule has 1 N–H and O–H groups in total. The quantitative estimate of drug-likeness (QED) is 0.649. The van der Waals surface area contributed by atoms with Gasteiger partial charge in [-0.2, -0.15) is 0 Å². The molecular formula is C15H16O4. The molecule has 0 unspecified atom stereocenters. The van der Waals surface area contributed by atoms with Crippen LogP contribution in [0.3, 0.4) is 0 Å². The Bertz CT molecular complexity index is 491. The van der Waals surface area contributed by atoms with Crippen LogP contribution in [0.15, 0.2) is 24.3 Å². The average molecular weight is 260 g/mol. The topological polar surface area (TPSA) is 63.6 Å². The van der Waals surface area contributed by atoms with E-state index in [9.17, 15) is 9.59 Å². The summed E-state index contributed by atoms with van der Waals surface area (Å²) in [4.78, 5) is 21.5. The summed E-state index contributed by atoms with van der Waals surface area (Å²) in [6, 6.07) is 7.32. The van der Waals surface area contributed by atoms with Crippen LogP contribution < -0.4 is 0 Å². The Hall–Kier alpha value is -2.28. The molecule has 0 aliphatic carbocycles. The van der Waals surface area contributed by atoms with Gasteiger partial charge in [0.15, 0.2) is 0 Å². The number of aliphatic carboxylic acids is 1. The van der Waals surface area contributed by atoms with Crippen LogP contribution >= 0.6 is 0 Å². The van der Waals surface area contributed by atoms with E-state index in [-0.39, 0.29) is 18.8 Å². The van der Waals surface area contributed by atoms with E-state index in [0.717, 1.165) is 11.1 Å². The van der Waals surface area contributed by atoms with Crippen LogP contribution in [0, 0.1) is 11.8 Å². The zero-order valence-corrected chi connectivity index (χ0v) is 10.8. The summed E-state index contributed by atoms with van der Waals surface area (Å²) in [6.45, 7) is 2.11. The second-order valence-electron chi connectivity index (χ2n) is 3.87. The van der Waals surface area contributed by atoms with Gasteiger partial charge in [0.05, 0.1) is 6.61 Å². The van der Waals surface area contributed by atoms with Gasteiger partial charge in [-0.25, -0.2) is 0 Å². The number of ether oxygens (including phenoxy) is 1. The molecule has 100 valence electrons. The number of rotatable bonds is 5. The minimum absolute atomic E-state index is 0.0780. The third kappa shape index (κ3) is 6.27. The predicted molar refractivity (Wildman–Crippen MR) is 70.5 cm³/mol. The second kappa shape index (κ2) is 7.93. The van der Waals surface area contributed by atoms with Gasteiger partial charge in [-0.15, -0.1) is 0 Å². The minimum atomic E-state index is -0.807. The van der Waals surface area contributed by atoms with Crippen LogP contribution in [0.2, 0.25) is 0 Å². The molecule has 1 aromatic carbocycles. The summed E-state index contributed by atoms with van der Waals surface area (Å²) in [5.41, 5.74) is 1.75. The lowest BCUT2D eigenvalue weighted by Crippen LogP contribution is -2.01. The Morgan fingerprint density at radius 3 is 2.53 bits per heavy atom. The third-order valence-electron chi connectivity index (χ3n) is 2.35. The van der Waals surface area contributed by atoms with E-state index in [4.69, 9.17) is 9.84 Å². The van der Waals surface area contributed by atoms with Crippen LogP contribution in [-0.2, 0) is 20.7 Å². The van der Waals surface area contributed by atoms with Crippen molar-refractivity contribution in [3.05, 3.63) is 35.4 Å². The van der Waals surface area contributed by atoms with E-state index >= 15 is 0 Å². The van der Waals surface area contributed by atoms with Gasteiger partial charge in [0.2, 0.25) is 0 Å². The maximum absolute atomic E-state index is 11.1.